The number of aliphatic imine (C=N–C) groups is 1. The summed E-state index contributed by atoms with van der Waals surface area (Å²) in [6.45, 7) is 0.707. The van der Waals surface area contributed by atoms with Gasteiger partial charge in [-0.3, -0.25) is 14.9 Å². The molecule has 11 heteroatoms. The lowest BCUT2D eigenvalue weighted by Crippen LogP contribution is -2.27. The lowest BCUT2D eigenvalue weighted by Gasteiger charge is -2.08. The highest BCUT2D eigenvalue weighted by molar-refractivity contribution is 6.33. The summed E-state index contributed by atoms with van der Waals surface area (Å²) in [6, 6.07) is 7.35. The molecule has 6 rings (SSSR count). The first-order valence-electron chi connectivity index (χ1n) is 11.3. The molecular weight excluding hydrogens is 468 g/mol. The minimum atomic E-state index is -0.486. The highest BCUT2D eigenvalue weighted by Gasteiger charge is 2.26. The molecule has 1 aliphatic carbocycles. The van der Waals surface area contributed by atoms with Crippen molar-refractivity contribution >= 4 is 40.3 Å². The Morgan fingerprint density at radius 2 is 2.17 bits per heavy atom. The number of benzene rings is 1. The molecule has 1 atom stereocenters. The number of halogens is 1. The number of hydrogen-bond acceptors (Lipinski definition) is 6. The van der Waals surface area contributed by atoms with Gasteiger partial charge in [0.15, 0.2) is 6.23 Å². The largest absolute Gasteiger partial charge is 0.439 e. The highest BCUT2D eigenvalue weighted by atomic mass is 35.5. The summed E-state index contributed by atoms with van der Waals surface area (Å²) in [7, 11) is 1.88. The molecule has 35 heavy (non-hydrogen) atoms. The first-order valence-corrected chi connectivity index (χ1v) is 11.7. The average molecular weight is 491 g/mol. The van der Waals surface area contributed by atoms with Gasteiger partial charge in [0.25, 0.3) is 5.91 Å². The molecule has 1 amide bonds. The maximum absolute atomic E-state index is 12.3. The summed E-state index contributed by atoms with van der Waals surface area (Å²) in [5.74, 6) is 0.481. The third-order valence-corrected chi connectivity index (χ3v) is 6.41. The Balaban J connectivity index is 1.19. The summed E-state index contributed by atoms with van der Waals surface area (Å²) in [5.41, 5.74) is 10.6. The number of hydrazine groups is 1. The third-order valence-electron chi connectivity index (χ3n) is 6.10. The van der Waals surface area contributed by atoms with Crippen molar-refractivity contribution in [2.24, 2.45) is 18.0 Å². The number of amides is 1. The number of fused-ring (bicyclic) bond motifs is 1. The second-order valence-electron chi connectivity index (χ2n) is 8.77. The lowest BCUT2D eigenvalue weighted by molar-refractivity contribution is 0.0952. The SMILES string of the molecule is Cn1cc(-c2cnc3[nH]cc(C4NNC(=Nc5ccc(C(=O)NCC6CC6)cc5Cl)O4)c3c2)cn1. The number of carbonyl (C=O) groups excluding carboxylic acids is 1. The van der Waals surface area contributed by atoms with Gasteiger partial charge in [0.1, 0.15) is 5.65 Å². The van der Waals surface area contributed by atoms with Crippen LogP contribution >= 0.6 is 11.6 Å². The van der Waals surface area contributed by atoms with Crippen LogP contribution in [0, 0.1) is 5.92 Å². The fourth-order valence-electron chi connectivity index (χ4n) is 3.97. The third kappa shape index (κ3) is 4.45. The van der Waals surface area contributed by atoms with E-state index in [9.17, 15) is 4.79 Å². The van der Waals surface area contributed by atoms with Gasteiger partial charge in [0.2, 0.25) is 0 Å². The van der Waals surface area contributed by atoms with E-state index in [2.05, 4.69) is 42.3 Å². The van der Waals surface area contributed by atoms with Gasteiger partial charge >= 0.3 is 6.02 Å². The predicted molar refractivity (Wildman–Crippen MR) is 132 cm³/mol. The Kier molecular flexibility index (Phi) is 5.39. The van der Waals surface area contributed by atoms with Gasteiger partial charge in [-0.1, -0.05) is 11.6 Å². The molecule has 4 N–H and O–H groups in total. The second-order valence-corrected chi connectivity index (χ2v) is 9.18. The highest BCUT2D eigenvalue weighted by Crippen LogP contribution is 2.31. The zero-order valence-electron chi connectivity index (χ0n) is 18.9. The molecule has 1 unspecified atom stereocenters. The Bertz CT molecular complexity index is 1460. The number of aryl methyl sites for hydroxylation is 1. The summed E-state index contributed by atoms with van der Waals surface area (Å²) < 4.78 is 7.75. The molecule has 4 heterocycles. The van der Waals surface area contributed by atoms with Gasteiger partial charge in [-0.2, -0.15) is 15.5 Å². The van der Waals surface area contributed by atoms with E-state index in [1.807, 2.05) is 25.6 Å². The Labute approximate surface area is 205 Å². The van der Waals surface area contributed by atoms with E-state index < -0.39 is 6.23 Å². The zero-order valence-corrected chi connectivity index (χ0v) is 19.6. The Hall–Kier alpha value is -3.89. The molecular formula is C24H23ClN8O2. The number of H-pyrrole nitrogens is 1. The first-order chi connectivity index (χ1) is 17.0. The van der Waals surface area contributed by atoms with Crippen LogP contribution in [-0.2, 0) is 11.8 Å². The van der Waals surface area contributed by atoms with Gasteiger partial charge in [0.05, 0.1) is 16.9 Å². The summed E-state index contributed by atoms with van der Waals surface area (Å²) in [6.07, 6.45) is 9.29. The number of nitrogens with one attached hydrogen (secondary N) is 4. The molecule has 0 radical (unpaired) electrons. The van der Waals surface area contributed by atoms with E-state index >= 15 is 0 Å². The monoisotopic (exact) mass is 490 g/mol. The maximum Gasteiger partial charge on any atom is 0.306 e. The second kappa shape index (κ2) is 8.71. The normalized spacial score (nSPS) is 18.6. The minimum absolute atomic E-state index is 0.131. The number of carbonyl (C=O) groups is 1. The van der Waals surface area contributed by atoms with Crippen molar-refractivity contribution in [3.8, 4) is 11.1 Å². The number of aromatic amines is 1. The fraction of sp³-hybridized carbons (Fsp3) is 0.250. The number of ether oxygens (including phenoxy) is 1. The van der Waals surface area contributed by atoms with Crippen LogP contribution in [0.4, 0.5) is 5.69 Å². The van der Waals surface area contributed by atoms with E-state index in [0.717, 1.165) is 27.7 Å². The van der Waals surface area contributed by atoms with Crippen molar-refractivity contribution in [2.75, 3.05) is 6.54 Å². The summed E-state index contributed by atoms with van der Waals surface area (Å²) >= 11 is 6.41. The van der Waals surface area contributed by atoms with Crippen molar-refractivity contribution < 1.29 is 9.53 Å². The number of pyridine rings is 1. The van der Waals surface area contributed by atoms with Crippen LogP contribution in [0.1, 0.15) is 35.0 Å². The molecule has 1 aliphatic heterocycles. The van der Waals surface area contributed by atoms with Gasteiger partial charge in [0, 0.05) is 59.8 Å². The van der Waals surface area contributed by atoms with Gasteiger partial charge in [-0.05, 0) is 43.0 Å². The quantitative estimate of drug-likeness (QED) is 0.328. The van der Waals surface area contributed by atoms with Crippen molar-refractivity contribution in [2.45, 2.75) is 19.1 Å². The van der Waals surface area contributed by atoms with Crippen LogP contribution in [0.2, 0.25) is 5.02 Å². The van der Waals surface area contributed by atoms with Crippen LogP contribution in [0.25, 0.3) is 22.2 Å². The van der Waals surface area contributed by atoms with E-state index in [1.54, 1.807) is 29.1 Å². The lowest BCUT2D eigenvalue weighted by atomic mass is 10.1. The van der Waals surface area contributed by atoms with Crippen LogP contribution < -0.4 is 16.2 Å². The average Bonchev–Trinajstić information content (AvgIpc) is 3.20. The van der Waals surface area contributed by atoms with E-state index in [1.165, 1.54) is 12.8 Å². The molecule has 4 aromatic rings. The van der Waals surface area contributed by atoms with Gasteiger partial charge < -0.3 is 15.0 Å². The van der Waals surface area contributed by atoms with E-state index in [0.29, 0.717) is 28.7 Å². The number of nitrogens with zero attached hydrogens (tertiary/aromatic N) is 4. The standard InChI is InChI=1S/C24H23ClN8O2/c1-33-12-16(10-29-33)15-6-17-18(11-27-21(17)26-9-15)23-31-32-24(35-23)30-20-5-4-14(7-19(20)25)22(34)28-8-13-2-3-13/h4-7,9-13,23,31H,2-3,8H2,1H3,(H,26,27)(H,28,34)(H,30,32). The molecule has 2 fully saturated rings. The molecule has 2 aliphatic rings. The number of aromatic nitrogens is 4. The van der Waals surface area contributed by atoms with Crippen molar-refractivity contribution in [3.63, 3.8) is 0 Å². The van der Waals surface area contributed by atoms with Gasteiger partial charge in [-0.25, -0.2) is 4.98 Å². The zero-order chi connectivity index (χ0) is 23.9. The van der Waals surface area contributed by atoms with Crippen molar-refractivity contribution in [1.29, 1.82) is 0 Å². The predicted octanol–water partition coefficient (Wildman–Crippen LogP) is 3.57. The molecule has 10 nitrogen and oxygen atoms in total. The van der Waals surface area contributed by atoms with Crippen LogP contribution in [0.5, 0.6) is 0 Å². The van der Waals surface area contributed by atoms with E-state index in [4.69, 9.17) is 16.3 Å². The Morgan fingerprint density at radius 1 is 1.29 bits per heavy atom. The number of amidine groups is 1. The van der Waals surface area contributed by atoms with Gasteiger partial charge in [-0.15, -0.1) is 0 Å². The fourth-order valence-corrected chi connectivity index (χ4v) is 4.19. The molecule has 0 spiro atoms. The van der Waals surface area contributed by atoms with Crippen molar-refractivity contribution in [3.05, 3.63) is 65.2 Å². The topological polar surface area (TPSA) is 121 Å². The minimum Gasteiger partial charge on any atom is -0.439 e. The molecule has 1 saturated carbocycles. The Morgan fingerprint density at radius 3 is 2.94 bits per heavy atom. The molecule has 178 valence electrons. The maximum atomic E-state index is 12.3. The van der Waals surface area contributed by atoms with Crippen LogP contribution in [0.15, 0.2) is 54.0 Å². The summed E-state index contributed by atoms with van der Waals surface area (Å²) in [5, 5.41) is 8.46. The molecule has 1 aromatic carbocycles. The first kappa shape index (κ1) is 21.6. The molecule has 1 saturated heterocycles. The smallest absolute Gasteiger partial charge is 0.306 e. The summed E-state index contributed by atoms with van der Waals surface area (Å²) in [4.78, 5) is 24.5. The van der Waals surface area contributed by atoms with E-state index in [-0.39, 0.29) is 11.9 Å². The molecule has 3 aromatic heterocycles. The van der Waals surface area contributed by atoms with Crippen LogP contribution in [-0.4, -0.2) is 38.2 Å². The number of rotatable bonds is 6. The van der Waals surface area contributed by atoms with Crippen molar-refractivity contribution in [1.82, 2.24) is 35.9 Å². The van der Waals surface area contributed by atoms with Crippen LogP contribution in [0.3, 0.4) is 0 Å². The number of hydrogen-bond donors (Lipinski definition) is 4. The molecule has 0 bridgehead atoms.